The van der Waals surface area contributed by atoms with Gasteiger partial charge in [-0.3, -0.25) is 0 Å². The van der Waals surface area contributed by atoms with Gasteiger partial charge in [0, 0.05) is 19.8 Å². The van der Waals surface area contributed by atoms with Crippen molar-refractivity contribution in [3.63, 3.8) is 0 Å². The minimum absolute atomic E-state index is 0.634. The standard InChI is InChI=1S/C11H25NO/c1-9(2)10(3)11(12-4)7-6-8-13-5/h9-12H,6-8H2,1-5H3. The van der Waals surface area contributed by atoms with E-state index in [-0.39, 0.29) is 0 Å². The summed E-state index contributed by atoms with van der Waals surface area (Å²) in [7, 11) is 3.82. The fraction of sp³-hybridized carbons (Fsp3) is 1.00. The Morgan fingerprint density at radius 3 is 2.23 bits per heavy atom. The Morgan fingerprint density at radius 2 is 1.85 bits per heavy atom. The highest BCUT2D eigenvalue weighted by Gasteiger charge is 2.17. The van der Waals surface area contributed by atoms with Crippen molar-refractivity contribution in [2.75, 3.05) is 20.8 Å². The molecule has 1 N–H and O–H groups in total. The molecule has 13 heavy (non-hydrogen) atoms. The monoisotopic (exact) mass is 187 g/mol. The molecule has 0 aliphatic heterocycles. The third kappa shape index (κ3) is 5.27. The maximum atomic E-state index is 5.05. The summed E-state index contributed by atoms with van der Waals surface area (Å²) in [6.07, 6.45) is 2.36. The molecule has 0 radical (unpaired) electrons. The Hall–Kier alpha value is -0.0800. The maximum Gasteiger partial charge on any atom is 0.0462 e. The van der Waals surface area contributed by atoms with Crippen LogP contribution in [-0.4, -0.2) is 26.8 Å². The number of hydrogen-bond donors (Lipinski definition) is 1. The van der Waals surface area contributed by atoms with E-state index < -0.39 is 0 Å². The van der Waals surface area contributed by atoms with Gasteiger partial charge in [0.15, 0.2) is 0 Å². The zero-order chi connectivity index (χ0) is 10.3. The topological polar surface area (TPSA) is 21.3 Å². The molecule has 0 saturated carbocycles. The second-order valence-electron chi connectivity index (χ2n) is 4.13. The minimum Gasteiger partial charge on any atom is -0.385 e. The van der Waals surface area contributed by atoms with Gasteiger partial charge in [-0.25, -0.2) is 0 Å². The van der Waals surface area contributed by atoms with Crippen molar-refractivity contribution in [2.45, 2.75) is 39.7 Å². The summed E-state index contributed by atoms with van der Waals surface area (Å²) in [5.74, 6) is 1.49. The Bertz CT molecular complexity index is 115. The molecular weight excluding hydrogens is 162 g/mol. The molecule has 0 aliphatic rings. The Kier molecular flexibility index (Phi) is 7.29. The van der Waals surface area contributed by atoms with Crippen molar-refractivity contribution in [2.24, 2.45) is 11.8 Å². The molecular formula is C11H25NO. The van der Waals surface area contributed by atoms with Crippen LogP contribution >= 0.6 is 0 Å². The quantitative estimate of drug-likeness (QED) is 0.617. The van der Waals surface area contributed by atoms with Gasteiger partial charge in [0.2, 0.25) is 0 Å². The summed E-state index contributed by atoms with van der Waals surface area (Å²) in [4.78, 5) is 0. The first-order chi connectivity index (χ1) is 6.13. The Labute approximate surface area is 83.1 Å². The highest BCUT2D eigenvalue weighted by atomic mass is 16.5. The van der Waals surface area contributed by atoms with E-state index in [1.54, 1.807) is 7.11 Å². The molecule has 2 unspecified atom stereocenters. The summed E-state index contributed by atoms with van der Waals surface area (Å²) in [5, 5.41) is 3.39. The lowest BCUT2D eigenvalue weighted by Crippen LogP contribution is -2.34. The van der Waals surface area contributed by atoms with Gasteiger partial charge in [-0.2, -0.15) is 0 Å². The van der Waals surface area contributed by atoms with Crippen LogP contribution in [0.15, 0.2) is 0 Å². The molecule has 0 spiro atoms. The Morgan fingerprint density at radius 1 is 1.23 bits per heavy atom. The van der Waals surface area contributed by atoms with Gasteiger partial charge in [0.25, 0.3) is 0 Å². The predicted octanol–water partition coefficient (Wildman–Crippen LogP) is 2.29. The van der Waals surface area contributed by atoms with E-state index >= 15 is 0 Å². The second-order valence-corrected chi connectivity index (χ2v) is 4.13. The lowest BCUT2D eigenvalue weighted by molar-refractivity contribution is 0.181. The van der Waals surface area contributed by atoms with E-state index in [1.807, 2.05) is 0 Å². The third-order valence-electron chi connectivity index (χ3n) is 2.92. The first-order valence-corrected chi connectivity index (χ1v) is 5.29. The zero-order valence-electron chi connectivity index (χ0n) is 9.76. The summed E-state index contributed by atoms with van der Waals surface area (Å²) in [6, 6.07) is 0.634. The van der Waals surface area contributed by atoms with Crippen LogP contribution in [0.25, 0.3) is 0 Å². The first kappa shape index (κ1) is 12.9. The molecule has 0 aromatic rings. The van der Waals surface area contributed by atoms with Crippen molar-refractivity contribution < 1.29 is 4.74 Å². The van der Waals surface area contributed by atoms with Gasteiger partial charge in [0.1, 0.15) is 0 Å². The van der Waals surface area contributed by atoms with Crippen LogP contribution in [0.1, 0.15) is 33.6 Å². The van der Waals surface area contributed by atoms with E-state index in [0.29, 0.717) is 6.04 Å². The summed E-state index contributed by atoms with van der Waals surface area (Å²) in [6.45, 7) is 7.76. The van der Waals surface area contributed by atoms with Crippen LogP contribution in [0.4, 0.5) is 0 Å². The largest absolute Gasteiger partial charge is 0.385 e. The molecule has 2 nitrogen and oxygen atoms in total. The maximum absolute atomic E-state index is 5.05. The van der Waals surface area contributed by atoms with Gasteiger partial charge >= 0.3 is 0 Å². The average Bonchev–Trinajstić information content (AvgIpc) is 2.11. The van der Waals surface area contributed by atoms with Gasteiger partial charge in [-0.1, -0.05) is 20.8 Å². The van der Waals surface area contributed by atoms with Crippen LogP contribution in [-0.2, 0) is 4.74 Å². The van der Waals surface area contributed by atoms with Crippen LogP contribution in [0.3, 0.4) is 0 Å². The van der Waals surface area contributed by atoms with Crippen molar-refractivity contribution in [1.29, 1.82) is 0 Å². The molecule has 0 saturated heterocycles. The molecule has 80 valence electrons. The van der Waals surface area contributed by atoms with Gasteiger partial charge in [-0.15, -0.1) is 0 Å². The number of ether oxygens (including phenoxy) is 1. The fourth-order valence-electron chi connectivity index (χ4n) is 1.58. The predicted molar refractivity (Wildman–Crippen MR) is 58.0 cm³/mol. The van der Waals surface area contributed by atoms with Crippen LogP contribution in [0.5, 0.6) is 0 Å². The van der Waals surface area contributed by atoms with E-state index in [0.717, 1.165) is 24.9 Å². The summed E-state index contributed by atoms with van der Waals surface area (Å²) in [5.41, 5.74) is 0. The third-order valence-corrected chi connectivity index (χ3v) is 2.92. The molecule has 0 heterocycles. The fourth-order valence-corrected chi connectivity index (χ4v) is 1.58. The molecule has 2 heteroatoms. The van der Waals surface area contributed by atoms with Crippen molar-refractivity contribution in [3.05, 3.63) is 0 Å². The number of methoxy groups -OCH3 is 1. The summed E-state index contributed by atoms with van der Waals surface area (Å²) < 4.78 is 5.05. The van der Waals surface area contributed by atoms with Crippen LogP contribution < -0.4 is 5.32 Å². The Balaban J connectivity index is 3.73. The molecule has 0 bridgehead atoms. The molecule has 2 atom stereocenters. The first-order valence-electron chi connectivity index (χ1n) is 5.29. The molecule has 0 fully saturated rings. The molecule has 0 aromatic carbocycles. The highest BCUT2D eigenvalue weighted by molar-refractivity contribution is 4.73. The smallest absolute Gasteiger partial charge is 0.0462 e. The van der Waals surface area contributed by atoms with E-state index in [9.17, 15) is 0 Å². The van der Waals surface area contributed by atoms with E-state index in [2.05, 4.69) is 33.1 Å². The van der Waals surface area contributed by atoms with E-state index in [4.69, 9.17) is 4.74 Å². The lowest BCUT2D eigenvalue weighted by atomic mass is 9.88. The zero-order valence-corrected chi connectivity index (χ0v) is 9.76. The van der Waals surface area contributed by atoms with Crippen LogP contribution in [0, 0.1) is 11.8 Å². The normalized spacial score (nSPS) is 16.2. The summed E-state index contributed by atoms with van der Waals surface area (Å²) >= 11 is 0. The lowest BCUT2D eigenvalue weighted by Gasteiger charge is -2.26. The van der Waals surface area contributed by atoms with Crippen molar-refractivity contribution in [1.82, 2.24) is 5.32 Å². The van der Waals surface area contributed by atoms with Gasteiger partial charge < -0.3 is 10.1 Å². The van der Waals surface area contributed by atoms with Crippen molar-refractivity contribution >= 4 is 0 Å². The molecule has 0 rings (SSSR count). The highest BCUT2D eigenvalue weighted by Crippen LogP contribution is 2.17. The van der Waals surface area contributed by atoms with Crippen molar-refractivity contribution in [3.8, 4) is 0 Å². The van der Waals surface area contributed by atoms with Gasteiger partial charge in [-0.05, 0) is 31.7 Å². The molecule has 0 aromatic heterocycles. The minimum atomic E-state index is 0.634. The SMILES string of the molecule is CNC(CCCOC)C(C)C(C)C. The van der Waals surface area contributed by atoms with Gasteiger partial charge in [0.05, 0.1) is 0 Å². The molecule has 0 amide bonds. The van der Waals surface area contributed by atoms with E-state index in [1.165, 1.54) is 6.42 Å². The number of rotatable bonds is 7. The molecule has 0 aliphatic carbocycles. The average molecular weight is 187 g/mol. The second kappa shape index (κ2) is 7.34. The number of nitrogens with one attached hydrogen (secondary N) is 1. The van der Waals surface area contributed by atoms with Crippen LogP contribution in [0.2, 0.25) is 0 Å². The number of hydrogen-bond acceptors (Lipinski definition) is 2.